The number of aromatic nitrogens is 2. The van der Waals surface area contributed by atoms with Crippen molar-refractivity contribution in [2.45, 2.75) is 6.61 Å². The first-order valence-corrected chi connectivity index (χ1v) is 8.61. The van der Waals surface area contributed by atoms with Gasteiger partial charge in [0.2, 0.25) is 11.6 Å². The van der Waals surface area contributed by atoms with Gasteiger partial charge in [-0.15, -0.1) is 11.3 Å². The van der Waals surface area contributed by atoms with Crippen LogP contribution in [0.5, 0.6) is 5.88 Å². The van der Waals surface area contributed by atoms with Gasteiger partial charge in [0.1, 0.15) is 12.3 Å². The van der Waals surface area contributed by atoms with E-state index >= 15 is 0 Å². The van der Waals surface area contributed by atoms with Crippen molar-refractivity contribution in [3.05, 3.63) is 71.3 Å². The van der Waals surface area contributed by atoms with E-state index in [0.717, 1.165) is 10.4 Å². The second kappa shape index (κ2) is 7.24. The highest BCUT2D eigenvalue weighted by atomic mass is 32.1. The largest absolute Gasteiger partial charge is 0.471 e. The third-order valence-electron chi connectivity index (χ3n) is 3.46. The summed E-state index contributed by atoms with van der Waals surface area (Å²) in [5.41, 5.74) is 1.64. The van der Waals surface area contributed by atoms with Gasteiger partial charge in [0, 0.05) is 6.07 Å². The Bertz CT molecular complexity index is 993. The molecule has 8 heteroatoms. The van der Waals surface area contributed by atoms with Gasteiger partial charge in [-0.1, -0.05) is 41.6 Å². The van der Waals surface area contributed by atoms with E-state index in [9.17, 15) is 4.79 Å². The van der Waals surface area contributed by atoms with Crippen LogP contribution in [0.1, 0.15) is 16.1 Å². The van der Waals surface area contributed by atoms with Crippen molar-refractivity contribution in [1.82, 2.24) is 10.3 Å². The first-order chi connectivity index (χ1) is 12.8. The minimum atomic E-state index is -0.499. The lowest BCUT2D eigenvalue weighted by Gasteiger charge is -2.00. The van der Waals surface area contributed by atoms with Gasteiger partial charge in [0.05, 0.1) is 10.9 Å². The third-order valence-corrected chi connectivity index (χ3v) is 4.35. The number of hydrogen-bond acceptors (Lipinski definition) is 7. The molecule has 0 fully saturated rings. The molecule has 130 valence electrons. The molecule has 0 bridgehead atoms. The summed E-state index contributed by atoms with van der Waals surface area (Å²) in [6.45, 7) is 0.334. The lowest BCUT2D eigenvalue weighted by Crippen LogP contribution is -2.10. The highest BCUT2D eigenvalue weighted by Gasteiger charge is 2.17. The number of nitrogens with zero attached hydrogens (tertiary/aromatic N) is 2. The number of anilines is 1. The third kappa shape index (κ3) is 3.65. The highest BCUT2D eigenvalue weighted by molar-refractivity contribution is 7.13. The Hall–Kier alpha value is -3.39. The summed E-state index contributed by atoms with van der Waals surface area (Å²) in [5, 5.41) is 12.2. The Labute approximate surface area is 152 Å². The van der Waals surface area contributed by atoms with Crippen molar-refractivity contribution < 1.29 is 18.6 Å². The molecule has 0 atom stereocenters. The summed E-state index contributed by atoms with van der Waals surface area (Å²) >= 11 is 1.53. The first kappa shape index (κ1) is 16.1. The Balaban J connectivity index is 1.37. The molecule has 0 aliphatic heterocycles. The molecule has 0 spiro atoms. The van der Waals surface area contributed by atoms with Crippen LogP contribution >= 0.6 is 11.3 Å². The fourth-order valence-corrected chi connectivity index (χ4v) is 2.89. The van der Waals surface area contributed by atoms with Gasteiger partial charge in [-0.25, -0.2) is 0 Å². The van der Waals surface area contributed by atoms with E-state index in [-0.39, 0.29) is 17.5 Å². The summed E-state index contributed by atoms with van der Waals surface area (Å²) in [4.78, 5) is 13.2. The number of carbonyl (C=O) groups excluding carboxylic acids is 1. The highest BCUT2D eigenvalue weighted by Crippen LogP contribution is 2.26. The van der Waals surface area contributed by atoms with Crippen molar-refractivity contribution in [3.63, 3.8) is 0 Å². The number of carbonyl (C=O) groups is 1. The molecule has 1 N–H and O–H groups in total. The number of ether oxygens (including phenoxy) is 1. The summed E-state index contributed by atoms with van der Waals surface area (Å²) in [7, 11) is 0. The molecule has 0 aliphatic rings. The molecule has 3 heterocycles. The van der Waals surface area contributed by atoms with Crippen LogP contribution in [0.4, 0.5) is 5.88 Å². The van der Waals surface area contributed by atoms with E-state index in [1.54, 1.807) is 6.07 Å². The molecule has 0 radical (unpaired) electrons. The number of nitrogens with one attached hydrogen (secondary N) is 1. The van der Waals surface area contributed by atoms with E-state index in [1.165, 1.54) is 17.4 Å². The molecule has 26 heavy (non-hydrogen) atoms. The monoisotopic (exact) mass is 367 g/mol. The van der Waals surface area contributed by atoms with E-state index < -0.39 is 5.91 Å². The quantitative estimate of drug-likeness (QED) is 0.549. The molecular formula is C18H13N3O4S. The predicted molar refractivity (Wildman–Crippen MR) is 95.0 cm³/mol. The van der Waals surface area contributed by atoms with Crippen molar-refractivity contribution in [3.8, 4) is 16.5 Å². The number of rotatable bonds is 6. The molecule has 0 saturated carbocycles. The topological polar surface area (TPSA) is 90.4 Å². The predicted octanol–water partition coefficient (Wildman–Crippen LogP) is 4.22. The maximum atomic E-state index is 12.2. The van der Waals surface area contributed by atoms with Crippen LogP contribution in [0.15, 0.2) is 69.0 Å². The summed E-state index contributed by atoms with van der Waals surface area (Å²) in [6.07, 6.45) is 0. The van der Waals surface area contributed by atoms with E-state index in [4.69, 9.17) is 13.8 Å². The smallest absolute Gasteiger partial charge is 0.296 e. The Morgan fingerprint density at radius 3 is 2.77 bits per heavy atom. The minimum Gasteiger partial charge on any atom is -0.471 e. The van der Waals surface area contributed by atoms with E-state index in [0.29, 0.717) is 12.3 Å². The molecule has 0 unspecified atom stereocenters. The summed E-state index contributed by atoms with van der Waals surface area (Å²) < 4.78 is 15.7. The lowest BCUT2D eigenvalue weighted by molar-refractivity contribution is 0.0984. The number of amides is 1. The Morgan fingerprint density at radius 1 is 1.08 bits per heavy atom. The first-order valence-electron chi connectivity index (χ1n) is 7.73. The summed E-state index contributed by atoms with van der Waals surface area (Å²) in [5.74, 6) is -0.0273. The van der Waals surface area contributed by atoms with Gasteiger partial charge in [-0.05, 0) is 22.2 Å². The van der Waals surface area contributed by atoms with Gasteiger partial charge in [0.25, 0.3) is 11.8 Å². The molecule has 7 nitrogen and oxygen atoms in total. The van der Waals surface area contributed by atoms with E-state index in [1.807, 2.05) is 47.8 Å². The zero-order valence-electron chi connectivity index (χ0n) is 13.4. The van der Waals surface area contributed by atoms with Crippen LogP contribution in [0.2, 0.25) is 0 Å². The maximum Gasteiger partial charge on any atom is 0.296 e. The molecule has 3 aromatic heterocycles. The standard InChI is InChI=1S/C18H13N3O4S/c22-18(19-16-9-13(20-25-16)15-7-4-8-26-15)14-10-17(21-24-14)23-11-12-5-2-1-3-6-12/h1-10H,11H2,(H,19,22). The molecule has 0 aliphatic carbocycles. The average molecular weight is 367 g/mol. The van der Waals surface area contributed by atoms with E-state index in [2.05, 4.69) is 15.6 Å². The molecule has 4 aromatic rings. The van der Waals surface area contributed by atoms with Crippen LogP contribution in [0.3, 0.4) is 0 Å². The minimum absolute atomic E-state index is 0.0159. The second-order valence-corrected chi connectivity index (χ2v) is 6.26. The van der Waals surface area contributed by atoms with Crippen LogP contribution in [-0.2, 0) is 6.61 Å². The summed E-state index contributed by atoms with van der Waals surface area (Å²) in [6, 6.07) is 16.5. The van der Waals surface area contributed by atoms with Gasteiger partial charge >= 0.3 is 0 Å². The van der Waals surface area contributed by atoms with Gasteiger partial charge < -0.3 is 13.8 Å². The van der Waals surface area contributed by atoms with Gasteiger partial charge in [-0.2, -0.15) is 0 Å². The molecule has 0 saturated heterocycles. The van der Waals surface area contributed by atoms with Crippen LogP contribution in [-0.4, -0.2) is 16.2 Å². The zero-order chi connectivity index (χ0) is 17.8. The SMILES string of the molecule is O=C(Nc1cc(-c2cccs2)no1)c1cc(OCc2ccccc2)no1. The van der Waals surface area contributed by atoms with Crippen LogP contribution in [0, 0.1) is 0 Å². The van der Waals surface area contributed by atoms with Crippen LogP contribution in [0.25, 0.3) is 10.6 Å². The molecule has 4 rings (SSSR count). The number of hydrogen-bond donors (Lipinski definition) is 1. The van der Waals surface area contributed by atoms with Crippen molar-refractivity contribution in [2.75, 3.05) is 5.32 Å². The fraction of sp³-hybridized carbons (Fsp3) is 0.0556. The average Bonchev–Trinajstić information content (AvgIpc) is 3.41. The molecule has 1 aromatic carbocycles. The van der Waals surface area contributed by atoms with Crippen molar-refractivity contribution in [1.29, 1.82) is 0 Å². The normalized spacial score (nSPS) is 10.6. The second-order valence-electron chi connectivity index (χ2n) is 5.31. The number of benzene rings is 1. The lowest BCUT2D eigenvalue weighted by atomic mass is 10.2. The Morgan fingerprint density at radius 2 is 1.96 bits per heavy atom. The van der Waals surface area contributed by atoms with Gasteiger partial charge in [-0.3, -0.25) is 10.1 Å². The number of thiophene rings is 1. The van der Waals surface area contributed by atoms with Crippen molar-refractivity contribution >= 4 is 23.1 Å². The van der Waals surface area contributed by atoms with Crippen LogP contribution < -0.4 is 10.1 Å². The van der Waals surface area contributed by atoms with Crippen molar-refractivity contribution in [2.24, 2.45) is 0 Å². The maximum absolute atomic E-state index is 12.2. The Kier molecular flexibility index (Phi) is 4.48. The van der Waals surface area contributed by atoms with Gasteiger partial charge in [0.15, 0.2) is 0 Å². The molecular weight excluding hydrogens is 354 g/mol. The zero-order valence-corrected chi connectivity index (χ0v) is 14.2. The fourth-order valence-electron chi connectivity index (χ4n) is 2.21. The molecule has 1 amide bonds.